The molecule has 3 nitrogen and oxygen atoms in total. The second kappa shape index (κ2) is 9.86. The van der Waals surface area contributed by atoms with E-state index in [1.54, 1.807) is 7.11 Å². The molecule has 0 heterocycles. The van der Waals surface area contributed by atoms with Crippen molar-refractivity contribution >= 4 is 17.3 Å². The van der Waals surface area contributed by atoms with E-state index in [0.717, 1.165) is 28.1 Å². The van der Waals surface area contributed by atoms with Crippen LogP contribution >= 0.6 is 11.6 Å². The SMILES string of the molecule is C=CCc1cc(CNc2ccccc2)cc(OC)c1OCc1ccccc1Cl. The van der Waals surface area contributed by atoms with Crippen LogP contribution in [0.2, 0.25) is 5.02 Å². The molecular weight excluding hydrogens is 370 g/mol. The van der Waals surface area contributed by atoms with Crippen LogP contribution in [-0.2, 0) is 19.6 Å². The van der Waals surface area contributed by atoms with Crippen LogP contribution in [0.25, 0.3) is 0 Å². The van der Waals surface area contributed by atoms with Crippen LogP contribution in [0, 0.1) is 0 Å². The van der Waals surface area contributed by atoms with Crippen molar-refractivity contribution in [3.05, 3.63) is 101 Å². The first-order valence-electron chi connectivity index (χ1n) is 9.17. The summed E-state index contributed by atoms with van der Waals surface area (Å²) in [4.78, 5) is 0. The van der Waals surface area contributed by atoms with Crippen molar-refractivity contribution in [2.45, 2.75) is 19.6 Å². The van der Waals surface area contributed by atoms with Gasteiger partial charge >= 0.3 is 0 Å². The first kappa shape index (κ1) is 19.8. The number of nitrogens with one attached hydrogen (secondary N) is 1. The molecule has 0 radical (unpaired) electrons. The summed E-state index contributed by atoms with van der Waals surface area (Å²) < 4.78 is 11.7. The van der Waals surface area contributed by atoms with Gasteiger partial charge in [-0.15, -0.1) is 6.58 Å². The molecule has 0 unspecified atom stereocenters. The fourth-order valence-electron chi connectivity index (χ4n) is 2.97. The van der Waals surface area contributed by atoms with Gasteiger partial charge in [-0.25, -0.2) is 0 Å². The van der Waals surface area contributed by atoms with Gasteiger partial charge in [0.05, 0.1) is 7.11 Å². The molecule has 0 aliphatic heterocycles. The number of rotatable bonds is 9. The third-order valence-corrected chi connectivity index (χ3v) is 4.74. The summed E-state index contributed by atoms with van der Waals surface area (Å²) in [6.07, 6.45) is 2.55. The van der Waals surface area contributed by atoms with Crippen molar-refractivity contribution in [2.75, 3.05) is 12.4 Å². The van der Waals surface area contributed by atoms with E-state index in [0.29, 0.717) is 30.3 Å². The van der Waals surface area contributed by atoms with Crippen LogP contribution in [-0.4, -0.2) is 7.11 Å². The van der Waals surface area contributed by atoms with Crippen LogP contribution in [0.15, 0.2) is 79.4 Å². The maximum Gasteiger partial charge on any atom is 0.165 e. The lowest BCUT2D eigenvalue weighted by Gasteiger charge is -2.17. The monoisotopic (exact) mass is 393 g/mol. The highest BCUT2D eigenvalue weighted by atomic mass is 35.5. The summed E-state index contributed by atoms with van der Waals surface area (Å²) in [7, 11) is 1.66. The third kappa shape index (κ3) is 5.08. The molecule has 0 bridgehead atoms. The molecule has 0 spiro atoms. The topological polar surface area (TPSA) is 30.5 Å². The average Bonchev–Trinajstić information content (AvgIpc) is 2.73. The number of hydrogen-bond acceptors (Lipinski definition) is 3. The Morgan fingerprint density at radius 1 is 1.00 bits per heavy atom. The lowest BCUT2D eigenvalue weighted by atomic mass is 10.1. The molecule has 0 amide bonds. The Hall–Kier alpha value is -2.91. The van der Waals surface area contributed by atoms with Gasteiger partial charge in [0, 0.05) is 28.4 Å². The Balaban J connectivity index is 1.82. The first-order chi connectivity index (χ1) is 13.7. The minimum atomic E-state index is 0.377. The zero-order chi connectivity index (χ0) is 19.8. The predicted octanol–water partition coefficient (Wildman–Crippen LogP) is 6.27. The Labute approximate surface area is 171 Å². The van der Waals surface area contributed by atoms with Gasteiger partial charge in [-0.3, -0.25) is 0 Å². The van der Waals surface area contributed by atoms with Gasteiger partial charge in [-0.1, -0.05) is 54.1 Å². The van der Waals surface area contributed by atoms with Crippen molar-refractivity contribution in [2.24, 2.45) is 0 Å². The van der Waals surface area contributed by atoms with Gasteiger partial charge in [0.15, 0.2) is 11.5 Å². The molecule has 0 aromatic heterocycles. The normalized spacial score (nSPS) is 10.4. The second-order valence-electron chi connectivity index (χ2n) is 6.38. The van der Waals surface area contributed by atoms with Crippen LogP contribution in [0.3, 0.4) is 0 Å². The van der Waals surface area contributed by atoms with Crippen molar-refractivity contribution in [1.29, 1.82) is 0 Å². The highest BCUT2D eigenvalue weighted by Gasteiger charge is 2.14. The van der Waals surface area contributed by atoms with E-state index in [-0.39, 0.29) is 0 Å². The van der Waals surface area contributed by atoms with Gasteiger partial charge in [-0.05, 0) is 42.3 Å². The molecule has 0 aliphatic carbocycles. The molecule has 3 aromatic carbocycles. The van der Waals surface area contributed by atoms with Crippen LogP contribution in [0.4, 0.5) is 5.69 Å². The Bertz CT molecular complexity index is 925. The molecule has 4 heteroatoms. The zero-order valence-electron chi connectivity index (χ0n) is 16.0. The smallest absolute Gasteiger partial charge is 0.165 e. The van der Waals surface area contributed by atoms with Gasteiger partial charge in [0.25, 0.3) is 0 Å². The van der Waals surface area contributed by atoms with E-state index < -0.39 is 0 Å². The number of ether oxygens (including phenoxy) is 2. The number of hydrogen-bond donors (Lipinski definition) is 1. The molecule has 0 atom stereocenters. The molecule has 0 saturated heterocycles. The Morgan fingerprint density at radius 2 is 1.75 bits per heavy atom. The van der Waals surface area contributed by atoms with Gasteiger partial charge in [-0.2, -0.15) is 0 Å². The molecular formula is C24H24ClNO2. The third-order valence-electron chi connectivity index (χ3n) is 4.38. The van der Waals surface area contributed by atoms with E-state index in [1.807, 2.05) is 66.7 Å². The minimum Gasteiger partial charge on any atom is -0.493 e. The van der Waals surface area contributed by atoms with E-state index in [2.05, 4.69) is 18.0 Å². The van der Waals surface area contributed by atoms with Crippen molar-refractivity contribution in [3.63, 3.8) is 0 Å². The molecule has 0 saturated carbocycles. The lowest BCUT2D eigenvalue weighted by molar-refractivity contribution is 0.282. The Morgan fingerprint density at radius 3 is 2.46 bits per heavy atom. The van der Waals surface area contributed by atoms with Gasteiger partial charge < -0.3 is 14.8 Å². The van der Waals surface area contributed by atoms with E-state index >= 15 is 0 Å². The van der Waals surface area contributed by atoms with Gasteiger partial charge in [0.1, 0.15) is 6.61 Å². The average molecular weight is 394 g/mol. The molecule has 1 N–H and O–H groups in total. The molecule has 144 valence electrons. The number of benzene rings is 3. The van der Waals surface area contributed by atoms with E-state index in [1.165, 1.54) is 0 Å². The highest BCUT2D eigenvalue weighted by Crippen LogP contribution is 2.35. The summed E-state index contributed by atoms with van der Waals surface area (Å²) in [6, 6.07) is 21.9. The lowest BCUT2D eigenvalue weighted by Crippen LogP contribution is -2.05. The molecule has 3 rings (SSSR count). The first-order valence-corrected chi connectivity index (χ1v) is 9.55. The van der Waals surface area contributed by atoms with Crippen molar-refractivity contribution in [3.8, 4) is 11.5 Å². The number of para-hydroxylation sites is 1. The quantitative estimate of drug-likeness (QED) is 0.434. The minimum absolute atomic E-state index is 0.377. The fraction of sp³-hybridized carbons (Fsp3) is 0.167. The van der Waals surface area contributed by atoms with Crippen LogP contribution in [0.1, 0.15) is 16.7 Å². The highest BCUT2D eigenvalue weighted by molar-refractivity contribution is 6.31. The number of halogens is 1. The second-order valence-corrected chi connectivity index (χ2v) is 6.79. The number of allylic oxidation sites excluding steroid dienone is 1. The van der Waals surface area contributed by atoms with E-state index in [9.17, 15) is 0 Å². The van der Waals surface area contributed by atoms with Crippen LogP contribution in [0.5, 0.6) is 11.5 Å². The zero-order valence-corrected chi connectivity index (χ0v) is 16.7. The maximum atomic E-state index is 6.25. The van der Waals surface area contributed by atoms with Crippen LogP contribution < -0.4 is 14.8 Å². The molecule has 28 heavy (non-hydrogen) atoms. The van der Waals surface area contributed by atoms with Crippen molar-refractivity contribution in [1.82, 2.24) is 0 Å². The summed E-state index contributed by atoms with van der Waals surface area (Å²) in [5, 5.41) is 4.12. The van der Waals surface area contributed by atoms with E-state index in [4.69, 9.17) is 21.1 Å². The fourth-order valence-corrected chi connectivity index (χ4v) is 3.16. The molecule has 0 aliphatic rings. The molecule has 3 aromatic rings. The van der Waals surface area contributed by atoms with Crippen molar-refractivity contribution < 1.29 is 9.47 Å². The summed E-state index contributed by atoms with van der Waals surface area (Å²) >= 11 is 6.25. The predicted molar refractivity (Wildman–Crippen MR) is 116 cm³/mol. The summed E-state index contributed by atoms with van der Waals surface area (Å²) in [5.74, 6) is 1.43. The standard InChI is InChI=1S/C24H24ClNO2/c1-3-9-19-14-18(16-26-21-11-5-4-6-12-21)15-23(27-2)24(19)28-17-20-10-7-8-13-22(20)25/h3-8,10-15,26H,1,9,16-17H2,2H3. The summed E-state index contributed by atoms with van der Waals surface area (Å²) in [6.45, 7) is 4.94. The maximum absolute atomic E-state index is 6.25. The number of anilines is 1. The number of methoxy groups -OCH3 is 1. The Kier molecular flexibility index (Phi) is 6.99. The summed E-state index contributed by atoms with van der Waals surface area (Å²) in [5.41, 5.74) is 4.16. The molecule has 0 fully saturated rings. The van der Waals surface area contributed by atoms with Gasteiger partial charge in [0.2, 0.25) is 0 Å². The largest absolute Gasteiger partial charge is 0.493 e.